The first-order chi connectivity index (χ1) is 11.9. The van der Waals surface area contributed by atoms with E-state index in [0.717, 1.165) is 24.3 Å². The number of aromatic nitrogens is 1. The van der Waals surface area contributed by atoms with Gasteiger partial charge in [0.05, 0.1) is 6.04 Å². The van der Waals surface area contributed by atoms with Crippen LogP contribution in [0.15, 0.2) is 42.7 Å². The molecule has 0 spiro atoms. The average Bonchev–Trinajstić information content (AvgIpc) is 2.54. The van der Waals surface area contributed by atoms with Gasteiger partial charge in [-0.25, -0.2) is 0 Å². The van der Waals surface area contributed by atoms with E-state index in [2.05, 4.69) is 27.0 Å². The molecule has 1 aromatic carbocycles. The molecule has 0 aliphatic heterocycles. The van der Waals surface area contributed by atoms with Crippen molar-refractivity contribution in [3.8, 4) is 0 Å². The monoisotopic (exact) mass is 396 g/mol. The van der Waals surface area contributed by atoms with Crippen LogP contribution in [0.4, 0.5) is 5.69 Å². The van der Waals surface area contributed by atoms with Gasteiger partial charge in [-0.05, 0) is 69.1 Å². The number of hydrogen-bond acceptors (Lipinski definition) is 3. The number of hydrogen-bond donors (Lipinski definition) is 1. The average molecular weight is 397 g/mol. The van der Waals surface area contributed by atoms with Crippen LogP contribution in [0.5, 0.6) is 0 Å². The van der Waals surface area contributed by atoms with Crippen LogP contribution in [-0.2, 0) is 0 Å². The van der Waals surface area contributed by atoms with Crippen molar-refractivity contribution >= 4 is 46.2 Å². The van der Waals surface area contributed by atoms with Gasteiger partial charge in [0.15, 0.2) is 5.11 Å². The number of benzene rings is 1. The van der Waals surface area contributed by atoms with Crippen molar-refractivity contribution in [3.63, 3.8) is 0 Å². The van der Waals surface area contributed by atoms with E-state index >= 15 is 0 Å². The Balaban J connectivity index is 2.19. The molecule has 0 saturated heterocycles. The molecule has 25 heavy (non-hydrogen) atoms. The van der Waals surface area contributed by atoms with Gasteiger partial charge < -0.3 is 15.1 Å². The van der Waals surface area contributed by atoms with Gasteiger partial charge >= 0.3 is 0 Å². The molecule has 0 radical (unpaired) electrons. The van der Waals surface area contributed by atoms with E-state index in [0.29, 0.717) is 15.2 Å². The van der Waals surface area contributed by atoms with Crippen LogP contribution in [0.3, 0.4) is 0 Å². The summed E-state index contributed by atoms with van der Waals surface area (Å²) < 4.78 is 0. The predicted molar refractivity (Wildman–Crippen MR) is 111 cm³/mol. The molecule has 1 atom stereocenters. The van der Waals surface area contributed by atoms with Crippen molar-refractivity contribution < 1.29 is 0 Å². The van der Waals surface area contributed by atoms with Gasteiger partial charge in [0.1, 0.15) is 0 Å². The van der Waals surface area contributed by atoms with E-state index in [1.54, 1.807) is 30.6 Å². The molecular weight excluding hydrogens is 375 g/mol. The molecule has 2 rings (SSSR count). The number of thiocarbonyl (C=S) groups is 1. The standard InChI is InChI=1S/C18H22Cl2N4S/c1-13(14-4-6-21-7-5-14)24(9-8-23(2)3)18(25)22-17-11-15(19)10-16(20)12-17/h4-7,10-13H,8-9H2,1-3H3,(H,22,25). The van der Waals surface area contributed by atoms with Crippen LogP contribution in [0.1, 0.15) is 18.5 Å². The molecule has 0 bridgehead atoms. The minimum Gasteiger partial charge on any atom is -0.341 e. The Bertz CT molecular complexity index is 689. The first-order valence-corrected chi connectivity index (χ1v) is 9.11. The van der Waals surface area contributed by atoms with Crippen molar-refractivity contribution in [1.29, 1.82) is 0 Å². The second-order valence-corrected chi connectivity index (χ2v) is 7.30. The minimum absolute atomic E-state index is 0.109. The molecule has 0 saturated carbocycles. The van der Waals surface area contributed by atoms with E-state index in [9.17, 15) is 0 Å². The predicted octanol–water partition coefficient (Wildman–Crippen LogP) is 4.71. The Morgan fingerprint density at radius 2 is 1.72 bits per heavy atom. The Kier molecular flexibility index (Phi) is 7.44. The molecule has 4 nitrogen and oxygen atoms in total. The summed E-state index contributed by atoms with van der Waals surface area (Å²) in [6.45, 7) is 3.80. The second-order valence-electron chi connectivity index (χ2n) is 6.04. The quantitative estimate of drug-likeness (QED) is 0.714. The summed E-state index contributed by atoms with van der Waals surface area (Å²) in [7, 11) is 4.09. The first-order valence-electron chi connectivity index (χ1n) is 7.95. The summed E-state index contributed by atoms with van der Waals surface area (Å²) in [4.78, 5) is 8.37. The number of likely N-dealkylation sites (N-methyl/N-ethyl adjacent to an activating group) is 1. The van der Waals surface area contributed by atoms with Crippen molar-refractivity contribution in [3.05, 3.63) is 58.3 Å². The molecule has 2 aromatic rings. The summed E-state index contributed by atoms with van der Waals surface area (Å²) >= 11 is 17.8. The molecule has 0 aliphatic rings. The molecule has 134 valence electrons. The van der Waals surface area contributed by atoms with Crippen LogP contribution in [0.25, 0.3) is 0 Å². The van der Waals surface area contributed by atoms with Crippen LogP contribution in [0, 0.1) is 0 Å². The molecule has 7 heteroatoms. The molecule has 1 heterocycles. The van der Waals surface area contributed by atoms with E-state index in [1.165, 1.54) is 0 Å². The lowest BCUT2D eigenvalue weighted by Crippen LogP contribution is -2.40. The fraction of sp³-hybridized carbons (Fsp3) is 0.333. The zero-order chi connectivity index (χ0) is 18.4. The van der Waals surface area contributed by atoms with E-state index < -0.39 is 0 Å². The summed E-state index contributed by atoms with van der Waals surface area (Å²) in [5.41, 5.74) is 1.93. The lowest BCUT2D eigenvalue weighted by Gasteiger charge is -2.33. The lowest BCUT2D eigenvalue weighted by atomic mass is 10.1. The third-order valence-electron chi connectivity index (χ3n) is 3.82. The Morgan fingerprint density at radius 3 is 2.28 bits per heavy atom. The van der Waals surface area contributed by atoms with Crippen LogP contribution < -0.4 is 5.32 Å². The van der Waals surface area contributed by atoms with Gasteiger partial charge in [-0.2, -0.15) is 0 Å². The maximum atomic E-state index is 6.08. The van der Waals surface area contributed by atoms with Crippen molar-refractivity contribution in [2.24, 2.45) is 0 Å². The third-order valence-corrected chi connectivity index (χ3v) is 4.59. The largest absolute Gasteiger partial charge is 0.341 e. The number of anilines is 1. The van der Waals surface area contributed by atoms with Crippen LogP contribution in [0.2, 0.25) is 10.0 Å². The number of nitrogens with zero attached hydrogens (tertiary/aromatic N) is 3. The topological polar surface area (TPSA) is 31.4 Å². The van der Waals surface area contributed by atoms with Gasteiger partial charge in [-0.3, -0.25) is 4.98 Å². The SMILES string of the molecule is CC(c1ccncc1)N(CCN(C)C)C(=S)Nc1cc(Cl)cc(Cl)c1. The summed E-state index contributed by atoms with van der Waals surface area (Å²) in [6, 6.07) is 9.43. The van der Waals surface area contributed by atoms with E-state index in [4.69, 9.17) is 35.4 Å². The molecule has 0 aliphatic carbocycles. The zero-order valence-electron chi connectivity index (χ0n) is 14.5. The number of rotatable bonds is 6. The number of halogens is 2. The normalized spacial score (nSPS) is 12.1. The molecule has 0 fully saturated rings. The summed E-state index contributed by atoms with van der Waals surface area (Å²) in [5.74, 6) is 0. The molecule has 1 aromatic heterocycles. The van der Waals surface area contributed by atoms with Gasteiger partial charge in [-0.1, -0.05) is 23.2 Å². The summed E-state index contributed by atoms with van der Waals surface area (Å²) in [6.07, 6.45) is 3.59. The Morgan fingerprint density at radius 1 is 1.12 bits per heavy atom. The highest BCUT2D eigenvalue weighted by Crippen LogP contribution is 2.25. The maximum absolute atomic E-state index is 6.08. The fourth-order valence-corrected chi connectivity index (χ4v) is 3.32. The van der Waals surface area contributed by atoms with E-state index in [1.807, 2.05) is 26.2 Å². The van der Waals surface area contributed by atoms with Gasteiger partial charge in [0, 0.05) is 41.2 Å². The lowest BCUT2D eigenvalue weighted by molar-refractivity contribution is 0.289. The molecular formula is C18H22Cl2N4S. The van der Waals surface area contributed by atoms with Crippen molar-refractivity contribution in [2.45, 2.75) is 13.0 Å². The fourth-order valence-electron chi connectivity index (χ4n) is 2.42. The first kappa shape index (κ1) is 19.9. The summed E-state index contributed by atoms with van der Waals surface area (Å²) in [5, 5.41) is 5.02. The minimum atomic E-state index is 0.109. The molecule has 1 N–H and O–H groups in total. The van der Waals surface area contributed by atoms with Crippen LogP contribution in [-0.4, -0.2) is 47.1 Å². The number of pyridine rings is 1. The molecule has 1 unspecified atom stereocenters. The smallest absolute Gasteiger partial charge is 0.173 e. The van der Waals surface area contributed by atoms with Crippen molar-refractivity contribution in [1.82, 2.24) is 14.8 Å². The zero-order valence-corrected chi connectivity index (χ0v) is 16.9. The highest BCUT2D eigenvalue weighted by atomic mass is 35.5. The van der Waals surface area contributed by atoms with Crippen LogP contribution >= 0.6 is 35.4 Å². The number of nitrogens with one attached hydrogen (secondary N) is 1. The van der Waals surface area contributed by atoms with E-state index in [-0.39, 0.29) is 6.04 Å². The third kappa shape index (κ3) is 6.12. The molecule has 0 amide bonds. The highest BCUT2D eigenvalue weighted by molar-refractivity contribution is 7.80. The van der Waals surface area contributed by atoms with Crippen molar-refractivity contribution in [2.75, 3.05) is 32.5 Å². The Hall–Kier alpha value is -1.40. The highest BCUT2D eigenvalue weighted by Gasteiger charge is 2.19. The van der Waals surface area contributed by atoms with Gasteiger partial charge in [0.25, 0.3) is 0 Å². The maximum Gasteiger partial charge on any atom is 0.173 e. The van der Waals surface area contributed by atoms with Gasteiger partial charge in [0.2, 0.25) is 0 Å². The second kappa shape index (κ2) is 9.34. The van der Waals surface area contributed by atoms with Gasteiger partial charge in [-0.15, -0.1) is 0 Å². The Labute approximate surface area is 164 Å².